The molecule has 2 heterocycles. The van der Waals surface area contributed by atoms with Gasteiger partial charge < -0.3 is 36.7 Å². The Morgan fingerprint density at radius 2 is 1.79 bits per heavy atom. The average Bonchev–Trinajstić information content (AvgIpc) is 3.28. The molecule has 0 saturated carbocycles. The summed E-state index contributed by atoms with van der Waals surface area (Å²) in [4.78, 5) is 68.3. The molecule has 12 nitrogen and oxygen atoms in total. The lowest BCUT2D eigenvalue weighted by atomic mass is 9.95. The highest BCUT2D eigenvalue weighted by Crippen LogP contribution is 2.31. The first-order valence-electron chi connectivity index (χ1n) is 13.8. The molecular formula is C30H36N6O6. The number of urea groups is 1. The maximum Gasteiger partial charge on any atom is 0.326 e. The number of aryl methyl sites for hydroxylation is 1. The summed E-state index contributed by atoms with van der Waals surface area (Å²) in [7, 11) is 0. The van der Waals surface area contributed by atoms with E-state index in [1.165, 1.54) is 4.90 Å². The molecule has 5 amide bonds. The second-order valence-electron chi connectivity index (χ2n) is 11.0. The van der Waals surface area contributed by atoms with Crippen molar-refractivity contribution < 1.29 is 29.1 Å². The summed E-state index contributed by atoms with van der Waals surface area (Å²) in [5.74, 6) is -3.68. The van der Waals surface area contributed by atoms with E-state index in [0.29, 0.717) is 5.69 Å². The number of nitrogens with zero attached hydrogens (tertiary/aromatic N) is 1. The van der Waals surface area contributed by atoms with Gasteiger partial charge in [0.05, 0.1) is 13.0 Å². The van der Waals surface area contributed by atoms with Crippen LogP contribution >= 0.6 is 0 Å². The van der Waals surface area contributed by atoms with Crippen LogP contribution in [0.5, 0.6) is 0 Å². The summed E-state index contributed by atoms with van der Waals surface area (Å²) >= 11 is 0. The van der Waals surface area contributed by atoms with E-state index in [4.69, 9.17) is 5.73 Å². The second kappa shape index (κ2) is 12.8. The van der Waals surface area contributed by atoms with Crippen LogP contribution < -0.4 is 21.7 Å². The topological polar surface area (TPSA) is 187 Å². The first-order valence-corrected chi connectivity index (χ1v) is 13.8. The number of carbonyl (C=O) groups excluding carboxylic acids is 4. The normalized spacial score (nSPS) is 15.9. The number of hydrogen-bond acceptors (Lipinski definition) is 5. The van der Waals surface area contributed by atoms with Crippen molar-refractivity contribution in [1.82, 2.24) is 20.5 Å². The van der Waals surface area contributed by atoms with Crippen molar-refractivity contribution in [2.75, 3.05) is 5.32 Å². The Labute approximate surface area is 243 Å². The lowest BCUT2D eigenvalue weighted by molar-refractivity contribution is -0.143. The molecule has 1 aliphatic heterocycles. The number of hydrogen-bond donors (Lipinski definition) is 6. The average molecular weight is 577 g/mol. The molecule has 0 aliphatic carbocycles. The highest BCUT2D eigenvalue weighted by molar-refractivity contribution is 5.98. The Hall–Kier alpha value is -4.87. The van der Waals surface area contributed by atoms with Crippen molar-refractivity contribution in [3.05, 3.63) is 65.4 Å². The number of aromatic amines is 1. The van der Waals surface area contributed by atoms with Gasteiger partial charge in [0.25, 0.3) is 0 Å². The fraction of sp³-hybridized carbons (Fsp3) is 0.367. The van der Waals surface area contributed by atoms with Crippen molar-refractivity contribution in [3.8, 4) is 0 Å². The molecule has 12 heteroatoms. The molecule has 1 aromatic heterocycles. The summed E-state index contributed by atoms with van der Waals surface area (Å²) < 4.78 is 0. The largest absolute Gasteiger partial charge is 0.480 e. The Kier molecular flexibility index (Phi) is 9.14. The third kappa shape index (κ3) is 7.06. The number of aliphatic carboxylic acids is 1. The van der Waals surface area contributed by atoms with Crippen LogP contribution in [0, 0.1) is 12.8 Å². The fourth-order valence-electron chi connectivity index (χ4n) is 5.22. The molecule has 7 N–H and O–H groups in total. The number of carboxylic acid groups (broad SMARTS) is 1. The molecule has 3 aromatic rings. The Morgan fingerprint density at radius 3 is 2.45 bits per heavy atom. The van der Waals surface area contributed by atoms with E-state index in [2.05, 4.69) is 20.9 Å². The molecule has 0 fully saturated rings. The van der Waals surface area contributed by atoms with Crippen molar-refractivity contribution in [2.45, 2.75) is 64.7 Å². The third-order valence-corrected chi connectivity index (χ3v) is 7.20. The van der Waals surface area contributed by atoms with Crippen LogP contribution in [-0.2, 0) is 32.1 Å². The fourth-order valence-corrected chi connectivity index (χ4v) is 5.22. The summed E-state index contributed by atoms with van der Waals surface area (Å²) in [6.45, 7) is 5.73. The van der Waals surface area contributed by atoms with Crippen LogP contribution in [0.2, 0.25) is 0 Å². The second-order valence-corrected chi connectivity index (χ2v) is 11.0. The molecule has 42 heavy (non-hydrogen) atoms. The van der Waals surface area contributed by atoms with Gasteiger partial charge in [-0.1, -0.05) is 44.2 Å². The number of rotatable bonds is 10. The van der Waals surface area contributed by atoms with Gasteiger partial charge in [0.1, 0.15) is 18.1 Å². The highest BCUT2D eigenvalue weighted by Gasteiger charge is 2.38. The Balaban J connectivity index is 1.62. The number of H-pyrrole nitrogens is 1. The number of anilines is 1. The molecule has 0 radical (unpaired) electrons. The first-order chi connectivity index (χ1) is 19.9. The van der Waals surface area contributed by atoms with Gasteiger partial charge in [-0.15, -0.1) is 0 Å². The summed E-state index contributed by atoms with van der Waals surface area (Å²) in [6.07, 6.45) is -0.203. The van der Waals surface area contributed by atoms with E-state index in [9.17, 15) is 29.1 Å². The van der Waals surface area contributed by atoms with E-state index in [1.807, 2.05) is 63.2 Å². The summed E-state index contributed by atoms with van der Waals surface area (Å²) in [6, 6.07) is 10.9. The Bertz CT molecular complexity index is 1510. The molecule has 0 unspecified atom stereocenters. The molecule has 0 spiro atoms. The Morgan fingerprint density at radius 1 is 1.05 bits per heavy atom. The number of nitrogens with two attached hydrogens (primary N) is 1. The van der Waals surface area contributed by atoms with Crippen LogP contribution in [0.1, 0.15) is 43.5 Å². The van der Waals surface area contributed by atoms with Crippen LogP contribution in [0.4, 0.5) is 10.5 Å². The predicted molar refractivity (Wildman–Crippen MR) is 156 cm³/mol. The smallest absolute Gasteiger partial charge is 0.326 e. The number of carboxylic acids is 1. The van der Waals surface area contributed by atoms with E-state index < -0.39 is 54.3 Å². The monoisotopic (exact) mass is 576 g/mol. The minimum absolute atomic E-state index is 0.0484. The lowest BCUT2D eigenvalue weighted by Gasteiger charge is -2.35. The molecule has 3 atom stereocenters. The van der Waals surface area contributed by atoms with E-state index in [0.717, 1.165) is 27.7 Å². The number of fused-ring (bicyclic) bond motifs is 3. The standard InChI is InChI=1S/C30H36N6O6/c1-16(2)11-22(27(38)35-23(29(40)41)14-26(31)37)34-28(39)25-13-20-19-9-4-5-10-21(19)33-24(20)15-36(25)30(42)32-18-8-6-7-17(3)12-18/h4-10,12,16,22-23,25,33H,11,13-15H2,1-3H3,(H2,31,37)(H,32,42)(H,34,39)(H,35,38)(H,40,41)/t22-,23-,25+/m0/s1. The third-order valence-electron chi connectivity index (χ3n) is 7.20. The van der Waals surface area contributed by atoms with Crippen LogP contribution in [0.15, 0.2) is 48.5 Å². The highest BCUT2D eigenvalue weighted by atomic mass is 16.4. The number of amides is 5. The van der Waals surface area contributed by atoms with Gasteiger partial charge in [0, 0.05) is 28.7 Å². The van der Waals surface area contributed by atoms with Gasteiger partial charge in [0.2, 0.25) is 17.7 Å². The van der Waals surface area contributed by atoms with Crippen molar-refractivity contribution in [3.63, 3.8) is 0 Å². The minimum atomic E-state index is -1.54. The maximum absolute atomic E-state index is 13.9. The number of nitrogens with one attached hydrogen (secondary N) is 4. The zero-order valence-corrected chi connectivity index (χ0v) is 23.8. The van der Waals surface area contributed by atoms with Crippen LogP contribution in [-0.4, -0.2) is 62.8 Å². The molecule has 2 aromatic carbocycles. The van der Waals surface area contributed by atoms with E-state index >= 15 is 0 Å². The summed E-state index contributed by atoms with van der Waals surface area (Å²) in [5.41, 5.74) is 9.28. The predicted octanol–water partition coefficient (Wildman–Crippen LogP) is 2.41. The van der Waals surface area contributed by atoms with Gasteiger partial charge in [-0.05, 0) is 48.6 Å². The van der Waals surface area contributed by atoms with Gasteiger partial charge in [-0.3, -0.25) is 14.4 Å². The van der Waals surface area contributed by atoms with Crippen molar-refractivity contribution in [1.29, 1.82) is 0 Å². The van der Waals surface area contributed by atoms with E-state index in [-0.39, 0.29) is 25.3 Å². The lowest BCUT2D eigenvalue weighted by Crippen LogP contribution is -2.58. The SMILES string of the molecule is Cc1cccc(NC(=O)N2Cc3[nH]c4ccccc4c3C[C@@H]2C(=O)N[C@@H](CC(C)C)C(=O)N[C@@H](CC(N)=O)C(=O)O)c1. The number of benzene rings is 2. The molecule has 0 saturated heterocycles. The van der Waals surface area contributed by atoms with E-state index in [1.54, 1.807) is 6.07 Å². The van der Waals surface area contributed by atoms with Gasteiger partial charge in [0.15, 0.2) is 0 Å². The molecule has 222 valence electrons. The van der Waals surface area contributed by atoms with Crippen LogP contribution in [0.3, 0.4) is 0 Å². The van der Waals surface area contributed by atoms with Gasteiger partial charge in [-0.2, -0.15) is 0 Å². The minimum Gasteiger partial charge on any atom is -0.480 e. The molecule has 4 rings (SSSR count). The van der Waals surface area contributed by atoms with Gasteiger partial charge in [-0.25, -0.2) is 9.59 Å². The number of primary amides is 1. The first kappa shape index (κ1) is 30.1. The summed E-state index contributed by atoms with van der Waals surface area (Å²) in [5, 5.41) is 18.3. The zero-order chi connectivity index (χ0) is 30.6. The maximum atomic E-state index is 13.9. The van der Waals surface area contributed by atoms with Gasteiger partial charge >= 0.3 is 12.0 Å². The van der Waals surface area contributed by atoms with Crippen molar-refractivity contribution in [2.24, 2.45) is 11.7 Å². The quantitative estimate of drug-likeness (QED) is 0.215. The molecule has 1 aliphatic rings. The molecular weight excluding hydrogens is 540 g/mol. The number of carbonyl (C=O) groups is 5. The zero-order valence-electron chi connectivity index (χ0n) is 23.8. The molecule has 0 bridgehead atoms. The van der Waals surface area contributed by atoms with Crippen molar-refractivity contribution >= 4 is 46.3 Å². The van der Waals surface area contributed by atoms with Crippen LogP contribution in [0.25, 0.3) is 10.9 Å². The number of aromatic nitrogens is 1. The number of para-hydroxylation sites is 1.